The van der Waals surface area contributed by atoms with Crippen molar-refractivity contribution < 1.29 is 9.47 Å². The smallest absolute Gasteiger partial charge is 0.231 e. The fraction of sp³-hybridized carbons (Fsp3) is 0.538. The van der Waals surface area contributed by atoms with Gasteiger partial charge in [-0.3, -0.25) is 0 Å². The lowest BCUT2D eigenvalue weighted by molar-refractivity contribution is 0.173. The normalized spacial score (nSPS) is 14.0. The van der Waals surface area contributed by atoms with Gasteiger partial charge in [0.25, 0.3) is 0 Å². The number of hydrogen-bond donors (Lipinski definition) is 1. The molecule has 0 amide bonds. The monoisotopic (exact) mass is 331 g/mol. The Bertz CT molecular complexity index is 437. The van der Waals surface area contributed by atoms with Crippen molar-refractivity contribution in [1.82, 2.24) is 5.32 Å². The molecule has 0 aliphatic carbocycles. The molecule has 0 aromatic heterocycles. The molecule has 1 N–H and O–H groups in total. The molecule has 0 saturated heterocycles. The van der Waals surface area contributed by atoms with E-state index in [2.05, 4.69) is 47.4 Å². The number of ether oxygens (including phenoxy) is 2. The Balaban J connectivity index is 1.97. The predicted molar refractivity (Wildman–Crippen MR) is 79.6 cm³/mol. The van der Waals surface area contributed by atoms with Gasteiger partial charge in [-0.15, -0.1) is 0 Å². The quantitative estimate of drug-likeness (QED) is 0.895. The molecular weight excluding hydrogens is 314 g/mol. The van der Waals surface area contributed by atoms with Gasteiger partial charge in [-0.1, -0.05) is 0 Å². The summed E-state index contributed by atoms with van der Waals surface area (Å²) in [6.07, 6.45) is 2.14. The van der Waals surface area contributed by atoms with E-state index in [1.165, 1.54) is 5.56 Å². The van der Waals surface area contributed by atoms with Gasteiger partial charge < -0.3 is 14.8 Å². The van der Waals surface area contributed by atoms with Gasteiger partial charge in [-0.2, -0.15) is 11.8 Å². The summed E-state index contributed by atoms with van der Waals surface area (Å²) in [5.41, 5.74) is 1.20. The summed E-state index contributed by atoms with van der Waals surface area (Å²) < 4.78 is 12.0. The molecule has 1 heterocycles. The summed E-state index contributed by atoms with van der Waals surface area (Å²) in [6, 6.07) is 4.11. The Hall–Kier alpha value is -0.390. The predicted octanol–water partition coefficient (Wildman–Crippen LogP) is 3.41. The lowest BCUT2D eigenvalue weighted by atomic mass is 10.1. The van der Waals surface area contributed by atoms with Gasteiger partial charge >= 0.3 is 0 Å². The highest BCUT2D eigenvalue weighted by atomic mass is 79.9. The zero-order chi connectivity index (χ0) is 13.2. The molecule has 18 heavy (non-hydrogen) atoms. The van der Waals surface area contributed by atoms with Crippen LogP contribution in [0.3, 0.4) is 0 Å². The zero-order valence-electron chi connectivity index (χ0n) is 10.9. The first-order chi connectivity index (χ1) is 8.52. The third kappa shape index (κ3) is 3.33. The molecule has 0 radical (unpaired) electrons. The summed E-state index contributed by atoms with van der Waals surface area (Å²) >= 11 is 5.38. The number of benzene rings is 1. The second-order valence-corrected chi connectivity index (χ2v) is 7.25. The molecule has 1 aliphatic heterocycles. The standard InChI is InChI=1S/C13H18BrNO2S/c1-13(2,18-3)7-15-6-9-4-10(14)12-11(5-9)16-8-17-12/h4-5,15H,6-8H2,1-3H3. The van der Waals surface area contributed by atoms with Crippen molar-refractivity contribution in [3.63, 3.8) is 0 Å². The van der Waals surface area contributed by atoms with Crippen molar-refractivity contribution in [3.05, 3.63) is 22.2 Å². The van der Waals surface area contributed by atoms with Crippen molar-refractivity contribution in [3.8, 4) is 11.5 Å². The third-order valence-corrected chi connectivity index (χ3v) is 4.76. The van der Waals surface area contributed by atoms with E-state index in [1.54, 1.807) is 0 Å². The summed E-state index contributed by atoms with van der Waals surface area (Å²) in [5.74, 6) is 1.63. The molecule has 0 bridgehead atoms. The Labute approximate surface area is 121 Å². The van der Waals surface area contributed by atoms with Crippen molar-refractivity contribution in [1.29, 1.82) is 0 Å². The summed E-state index contributed by atoms with van der Waals surface area (Å²) in [5, 5.41) is 3.47. The molecule has 1 aromatic carbocycles. The third-order valence-electron chi connectivity index (χ3n) is 2.92. The molecular formula is C13H18BrNO2S. The second kappa shape index (κ2) is 5.72. The van der Waals surface area contributed by atoms with E-state index < -0.39 is 0 Å². The van der Waals surface area contributed by atoms with E-state index >= 15 is 0 Å². The maximum absolute atomic E-state index is 5.40. The minimum atomic E-state index is 0.258. The van der Waals surface area contributed by atoms with E-state index in [9.17, 15) is 0 Å². The minimum Gasteiger partial charge on any atom is -0.454 e. The van der Waals surface area contributed by atoms with Crippen LogP contribution in [0.5, 0.6) is 11.5 Å². The largest absolute Gasteiger partial charge is 0.454 e. The minimum absolute atomic E-state index is 0.258. The SMILES string of the molecule is CSC(C)(C)CNCc1cc(Br)c2c(c1)OCO2. The van der Waals surface area contributed by atoms with Gasteiger partial charge in [0.05, 0.1) is 4.47 Å². The molecule has 2 rings (SSSR count). The van der Waals surface area contributed by atoms with Crippen LogP contribution in [-0.4, -0.2) is 24.3 Å². The highest BCUT2D eigenvalue weighted by molar-refractivity contribution is 9.10. The number of thioether (sulfide) groups is 1. The fourth-order valence-corrected chi connectivity index (χ4v) is 2.55. The molecule has 1 aliphatic rings. The van der Waals surface area contributed by atoms with Crippen molar-refractivity contribution in [2.24, 2.45) is 0 Å². The maximum Gasteiger partial charge on any atom is 0.231 e. The molecule has 0 saturated carbocycles. The number of fused-ring (bicyclic) bond motifs is 1. The molecule has 5 heteroatoms. The average Bonchev–Trinajstić information content (AvgIpc) is 2.77. The highest BCUT2D eigenvalue weighted by Crippen LogP contribution is 2.39. The van der Waals surface area contributed by atoms with Gasteiger partial charge in [0.1, 0.15) is 0 Å². The number of hydrogen-bond acceptors (Lipinski definition) is 4. The first-order valence-corrected chi connectivity index (χ1v) is 7.87. The lowest BCUT2D eigenvalue weighted by Crippen LogP contribution is -2.31. The molecule has 0 fully saturated rings. The van der Waals surface area contributed by atoms with Crippen LogP contribution in [0.25, 0.3) is 0 Å². The lowest BCUT2D eigenvalue weighted by Gasteiger charge is -2.22. The van der Waals surface area contributed by atoms with Gasteiger partial charge in [0.15, 0.2) is 11.5 Å². The second-order valence-electron chi connectivity index (χ2n) is 4.88. The van der Waals surface area contributed by atoms with Crippen LogP contribution < -0.4 is 14.8 Å². The van der Waals surface area contributed by atoms with Crippen LogP contribution >= 0.6 is 27.7 Å². The first kappa shape index (κ1) is 14.0. The van der Waals surface area contributed by atoms with Crippen LogP contribution in [0.1, 0.15) is 19.4 Å². The fourth-order valence-electron chi connectivity index (χ4n) is 1.70. The zero-order valence-corrected chi connectivity index (χ0v) is 13.3. The Kier molecular flexibility index (Phi) is 4.45. The molecule has 3 nitrogen and oxygen atoms in total. The van der Waals surface area contributed by atoms with Crippen LogP contribution in [0.2, 0.25) is 0 Å². The van der Waals surface area contributed by atoms with Crippen LogP contribution in [0, 0.1) is 0 Å². The molecule has 1 aromatic rings. The molecule has 100 valence electrons. The Morgan fingerprint density at radius 3 is 2.89 bits per heavy atom. The Morgan fingerprint density at radius 1 is 1.39 bits per heavy atom. The van der Waals surface area contributed by atoms with Crippen molar-refractivity contribution >= 4 is 27.7 Å². The molecule has 0 unspecified atom stereocenters. The molecule has 0 spiro atoms. The van der Waals surface area contributed by atoms with E-state index in [-0.39, 0.29) is 4.75 Å². The number of halogens is 1. The van der Waals surface area contributed by atoms with Gasteiger partial charge in [0.2, 0.25) is 6.79 Å². The van der Waals surface area contributed by atoms with Crippen LogP contribution in [0.15, 0.2) is 16.6 Å². The van der Waals surface area contributed by atoms with E-state index in [0.717, 1.165) is 29.1 Å². The van der Waals surface area contributed by atoms with Crippen LogP contribution in [-0.2, 0) is 6.54 Å². The first-order valence-electron chi connectivity index (χ1n) is 5.86. The summed E-state index contributed by atoms with van der Waals surface area (Å²) in [7, 11) is 0. The summed E-state index contributed by atoms with van der Waals surface area (Å²) in [4.78, 5) is 0. The van der Waals surface area contributed by atoms with Gasteiger partial charge in [-0.05, 0) is 53.7 Å². The number of rotatable bonds is 5. The highest BCUT2D eigenvalue weighted by Gasteiger charge is 2.18. The maximum atomic E-state index is 5.40. The van der Waals surface area contributed by atoms with Gasteiger partial charge in [0, 0.05) is 17.8 Å². The molecule has 0 atom stereocenters. The van der Waals surface area contributed by atoms with Gasteiger partial charge in [-0.25, -0.2) is 0 Å². The van der Waals surface area contributed by atoms with E-state index in [0.29, 0.717) is 6.79 Å². The average molecular weight is 332 g/mol. The van der Waals surface area contributed by atoms with Crippen LogP contribution in [0.4, 0.5) is 0 Å². The van der Waals surface area contributed by atoms with E-state index in [1.807, 2.05) is 17.8 Å². The summed E-state index contributed by atoms with van der Waals surface area (Å²) in [6.45, 7) is 6.59. The van der Waals surface area contributed by atoms with Crippen molar-refractivity contribution in [2.75, 3.05) is 19.6 Å². The number of nitrogens with one attached hydrogen (secondary N) is 1. The Morgan fingerprint density at radius 2 is 2.17 bits per heavy atom. The van der Waals surface area contributed by atoms with Crippen molar-refractivity contribution in [2.45, 2.75) is 25.1 Å². The van der Waals surface area contributed by atoms with E-state index in [4.69, 9.17) is 9.47 Å². The topological polar surface area (TPSA) is 30.5 Å².